The summed E-state index contributed by atoms with van der Waals surface area (Å²) in [6, 6.07) is 22.3. The molecule has 4 amide bonds. The number of urea groups is 1. The average Bonchev–Trinajstić information content (AvgIpc) is 3.82. The molecule has 5 heterocycles. The van der Waals surface area contributed by atoms with Gasteiger partial charge in [0.15, 0.2) is 16.2 Å². The normalized spacial score (nSPS) is 12.6. The van der Waals surface area contributed by atoms with Crippen LogP contribution in [0.5, 0.6) is 29.0 Å². The van der Waals surface area contributed by atoms with Gasteiger partial charge in [-0.25, -0.2) is 29.3 Å². The number of halogens is 2. The molecule has 20 heteroatoms. The first-order valence-electron chi connectivity index (χ1n) is 18.4. The number of amides is 4. The van der Waals surface area contributed by atoms with Crippen LogP contribution < -0.4 is 38.4 Å². The van der Waals surface area contributed by atoms with E-state index in [1.165, 1.54) is 55.5 Å². The summed E-state index contributed by atoms with van der Waals surface area (Å²) in [6.07, 6.45) is -2.55. The van der Waals surface area contributed by atoms with E-state index in [9.17, 15) is 14.4 Å². The average molecular weight is 870 g/mol. The smallest absolute Gasteiger partial charge is 0.431 e. The topological polar surface area (TPSA) is 188 Å². The van der Waals surface area contributed by atoms with Gasteiger partial charge in [0.25, 0.3) is 11.8 Å². The molecule has 18 nitrogen and oxygen atoms in total. The van der Waals surface area contributed by atoms with Crippen molar-refractivity contribution in [2.24, 2.45) is 0 Å². The number of anilines is 4. The summed E-state index contributed by atoms with van der Waals surface area (Å²) in [5, 5.41) is -0.0534. The fourth-order valence-corrected chi connectivity index (χ4v) is 6.92. The number of hydrogen-bond donors (Lipinski definition) is 0. The zero-order valence-corrected chi connectivity index (χ0v) is 34.3. The van der Waals surface area contributed by atoms with Gasteiger partial charge in [-0.1, -0.05) is 30.3 Å². The maximum atomic E-state index is 15.0. The lowest BCUT2D eigenvalue weighted by Crippen LogP contribution is -2.52. The molecule has 1 aliphatic heterocycles. The van der Waals surface area contributed by atoms with Gasteiger partial charge in [0.05, 0.1) is 27.0 Å². The van der Waals surface area contributed by atoms with Crippen molar-refractivity contribution in [3.63, 3.8) is 0 Å². The Morgan fingerprint density at radius 1 is 0.656 bits per heavy atom. The number of piperazine rings is 1. The maximum Gasteiger partial charge on any atom is 0.431 e. The van der Waals surface area contributed by atoms with Crippen LogP contribution in [0.25, 0.3) is 22.5 Å². The highest BCUT2D eigenvalue weighted by Crippen LogP contribution is 2.40. The quantitative estimate of drug-likeness (QED) is 0.134. The first-order valence-corrected chi connectivity index (χ1v) is 19.2. The number of carbonyl (C=O) groups is 3. The monoisotopic (exact) mass is 868 g/mol. The standard InChI is InChI=1S/C41H34Cl2N8O10/c1-23-18-24(20-26(19-23)55-2)48-14-16-49(17-15-48)39(52)50(33-37(56-3)46-35-27(44-33)21-31(42)60-35)29-12-8-9-13-30(29)59-41(54)51(40(53)58-25-10-6-5-7-11-25)34-38(57-4)47-36-28(45-34)22-32(43)61-36/h5-13,18-22H,14-17H2,1-4H3. The fraction of sp³-hybridized carbons (Fsp3) is 0.195. The number of furan rings is 2. The first-order chi connectivity index (χ1) is 29.5. The molecule has 4 aromatic heterocycles. The number of imide groups is 1. The zero-order valence-electron chi connectivity index (χ0n) is 32.8. The lowest BCUT2D eigenvalue weighted by atomic mass is 10.1. The molecule has 0 N–H and O–H groups in total. The van der Waals surface area contributed by atoms with Gasteiger partial charge in [-0.3, -0.25) is 0 Å². The summed E-state index contributed by atoms with van der Waals surface area (Å²) in [5.74, 6) is -0.291. The predicted molar refractivity (Wildman–Crippen MR) is 223 cm³/mol. The van der Waals surface area contributed by atoms with Gasteiger partial charge in [0.1, 0.15) is 22.5 Å². The Morgan fingerprint density at radius 3 is 1.89 bits per heavy atom. The molecular weight excluding hydrogens is 835 g/mol. The molecule has 7 aromatic rings. The third kappa shape index (κ3) is 8.30. The molecule has 0 radical (unpaired) electrons. The van der Waals surface area contributed by atoms with Crippen LogP contribution in [-0.2, 0) is 0 Å². The Bertz CT molecular complexity index is 2780. The number of aromatic nitrogens is 4. The van der Waals surface area contributed by atoms with Crippen LogP contribution in [0.15, 0.2) is 93.8 Å². The molecule has 8 rings (SSSR count). The molecule has 0 unspecified atom stereocenters. The molecule has 61 heavy (non-hydrogen) atoms. The zero-order chi connectivity index (χ0) is 42.8. The lowest BCUT2D eigenvalue weighted by Gasteiger charge is -2.38. The third-order valence-electron chi connectivity index (χ3n) is 9.37. The highest BCUT2D eigenvalue weighted by molar-refractivity contribution is 6.30. The Hall–Kier alpha value is -7.31. The molecule has 0 atom stereocenters. The van der Waals surface area contributed by atoms with Crippen LogP contribution in [0, 0.1) is 6.92 Å². The second-order valence-electron chi connectivity index (χ2n) is 13.2. The minimum atomic E-state index is -1.32. The number of carbonyl (C=O) groups excluding carboxylic acids is 3. The summed E-state index contributed by atoms with van der Waals surface area (Å²) >= 11 is 12.3. The van der Waals surface area contributed by atoms with E-state index in [0.29, 0.717) is 18.0 Å². The highest BCUT2D eigenvalue weighted by Gasteiger charge is 2.37. The number of aryl methyl sites for hydroxylation is 1. The Balaban J connectivity index is 1.19. The lowest BCUT2D eigenvalue weighted by molar-refractivity contribution is 0.189. The summed E-state index contributed by atoms with van der Waals surface area (Å²) < 4.78 is 39.0. The molecule has 312 valence electrons. The summed E-state index contributed by atoms with van der Waals surface area (Å²) in [7, 11) is 4.22. The largest absolute Gasteiger partial charge is 0.497 e. The molecule has 0 bridgehead atoms. The minimum absolute atomic E-state index is 0.00204. The van der Waals surface area contributed by atoms with Gasteiger partial charge in [-0.2, -0.15) is 14.9 Å². The molecule has 1 saturated heterocycles. The van der Waals surface area contributed by atoms with Gasteiger partial charge in [-0.15, -0.1) is 0 Å². The number of benzene rings is 3. The van der Waals surface area contributed by atoms with Gasteiger partial charge < -0.3 is 42.3 Å². The van der Waals surface area contributed by atoms with E-state index < -0.39 is 24.0 Å². The second-order valence-corrected chi connectivity index (χ2v) is 14.0. The number of para-hydroxylation sites is 3. The molecule has 3 aromatic carbocycles. The molecule has 0 aliphatic carbocycles. The molecule has 0 saturated carbocycles. The van der Waals surface area contributed by atoms with Gasteiger partial charge in [-0.05, 0) is 72.1 Å². The van der Waals surface area contributed by atoms with E-state index in [0.717, 1.165) is 17.0 Å². The molecule has 1 fully saturated rings. The van der Waals surface area contributed by atoms with Gasteiger partial charge >= 0.3 is 18.2 Å². The van der Waals surface area contributed by atoms with E-state index in [4.69, 9.17) is 60.7 Å². The van der Waals surface area contributed by atoms with Crippen LogP contribution in [0.2, 0.25) is 10.4 Å². The number of rotatable bonds is 9. The maximum absolute atomic E-state index is 15.0. The van der Waals surface area contributed by atoms with Crippen molar-refractivity contribution in [2.75, 3.05) is 62.2 Å². The molecule has 1 aliphatic rings. The van der Waals surface area contributed by atoms with Crippen LogP contribution in [0.3, 0.4) is 0 Å². The molecular formula is C41H34Cl2N8O10. The number of ether oxygens (including phenoxy) is 5. The van der Waals surface area contributed by atoms with Gasteiger partial charge in [0, 0.05) is 50.1 Å². The van der Waals surface area contributed by atoms with E-state index in [1.807, 2.05) is 25.1 Å². The van der Waals surface area contributed by atoms with Gasteiger partial charge in [0.2, 0.25) is 23.1 Å². The van der Waals surface area contributed by atoms with Crippen LogP contribution in [0.1, 0.15) is 5.56 Å². The molecule has 0 spiro atoms. The van der Waals surface area contributed by atoms with Crippen LogP contribution in [0.4, 0.5) is 37.4 Å². The summed E-state index contributed by atoms with van der Waals surface area (Å²) in [5.41, 5.74) is 2.30. The number of fused-ring (bicyclic) bond motifs is 2. The number of methoxy groups -OCH3 is 3. The van der Waals surface area contributed by atoms with E-state index in [-0.39, 0.29) is 80.8 Å². The Labute approximate surface area is 356 Å². The minimum Gasteiger partial charge on any atom is -0.497 e. The van der Waals surface area contributed by atoms with Crippen molar-refractivity contribution in [1.82, 2.24) is 24.8 Å². The summed E-state index contributed by atoms with van der Waals surface area (Å²) in [4.78, 5) is 66.7. The summed E-state index contributed by atoms with van der Waals surface area (Å²) in [6.45, 7) is 3.48. The van der Waals surface area contributed by atoms with Crippen LogP contribution >= 0.6 is 23.2 Å². The fourth-order valence-electron chi connectivity index (χ4n) is 6.56. The Morgan fingerprint density at radius 2 is 1.25 bits per heavy atom. The predicted octanol–water partition coefficient (Wildman–Crippen LogP) is 8.68. The van der Waals surface area contributed by atoms with Crippen molar-refractivity contribution < 1.29 is 46.9 Å². The van der Waals surface area contributed by atoms with Crippen LogP contribution in [-0.4, -0.2) is 90.6 Å². The van der Waals surface area contributed by atoms with Crippen molar-refractivity contribution in [2.45, 2.75) is 6.92 Å². The highest BCUT2D eigenvalue weighted by atomic mass is 35.5. The van der Waals surface area contributed by atoms with E-state index in [2.05, 4.69) is 19.9 Å². The van der Waals surface area contributed by atoms with Crippen molar-refractivity contribution >= 4 is 86.9 Å². The van der Waals surface area contributed by atoms with Crippen molar-refractivity contribution in [1.29, 1.82) is 0 Å². The second kappa shape index (κ2) is 17.1. The SMILES string of the molecule is COc1cc(C)cc(N2CCN(C(=O)N(c3ccccc3OC(=O)N(C(=O)Oc3ccccc3)c3nc4cc(Cl)oc4nc3OC)c3nc4cc(Cl)oc4nc3OC)CC2)c1. The first kappa shape index (κ1) is 40.5. The van der Waals surface area contributed by atoms with E-state index >= 15 is 0 Å². The number of nitrogens with zero attached hydrogens (tertiary/aromatic N) is 8. The van der Waals surface area contributed by atoms with Crippen molar-refractivity contribution in [3.8, 4) is 29.0 Å². The van der Waals surface area contributed by atoms with E-state index in [1.54, 1.807) is 42.3 Å². The number of hydrogen-bond acceptors (Lipinski definition) is 15. The Kier molecular flexibility index (Phi) is 11.4. The third-order valence-corrected chi connectivity index (χ3v) is 9.75. The van der Waals surface area contributed by atoms with Crippen molar-refractivity contribution in [3.05, 3.63) is 101 Å².